The quantitative estimate of drug-likeness (QED) is 0.119. The third kappa shape index (κ3) is 9.45. The van der Waals surface area contributed by atoms with Crippen molar-refractivity contribution in [3.8, 4) is 0 Å². The van der Waals surface area contributed by atoms with Crippen LogP contribution in [0, 0.1) is 38.5 Å². The lowest BCUT2D eigenvalue weighted by atomic mass is 9.80. The van der Waals surface area contributed by atoms with E-state index in [9.17, 15) is 19.5 Å². The van der Waals surface area contributed by atoms with Crippen molar-refractivity contribution in [2.45, 2.75) is 82.1 Å². The SMILES string of the molecule is CCC(C)(C)C(=O)Nc1cc2cc(N(c3ccc(C)cc3)c3ccc(C)cc3)ccc2cc1C1=C([O-])/C(=c2/cc3c(cc2NC(=O)C(C)(C)CC)=CC(=[N+](c2ccc(C)cc2)c2ccc(C)cc2)C=C3)C1=O. The largest absolute Gasteiger partial charge is 0.871 e. The molecule has 0 atom stereocenters. The van der Waals surface area contributed by atoms with Crippen molar-refractivity contribution in [3.05, 3.63) is 195 Å². The summed E-state index contributed by atoms with van der Waals surface area (Å²) < 4.78 is 2.19. The van der Waals surface area contributed by atoms with Crippen LogP contribution >= 0.6 is 0 Å². The molecule has 0 bridgehead atoms. The highest BCUT2D eigenvalue weighted by molar-refractivity contribution is 6.52. The number of nitrogens with zero attached hydrogens (tertiary/aromatic N) is 2. The first-order valence-electron chi connectivity index (χ1n) is 24.9. The molecule has 9 rings (SSSR count). The van der Waals surface area contributed by atoms with Crippen LogP contribution in [0.5, 0.6) is 0 Å². The Kier molecular flexibility index (Phi) is 13.1. The van der Waals surface area contributed by atoms with Gasteiger partial charge in [0.25, 0.3) is 0 Å². The molecule has 72 heavy (non-hydrogen) atoms. The van der Waals surface area contributed by atoms with E-state index >= 15 is 0 Å². The molecule has 2 N–H and O–H groups in total. The molecule has 8 nitrogen and oxygen atoms in total. The van der Waals surface area contributed by atoms with E-state index in [0.29, 0.717) is 35.0 Å². The van der Waals surface area contributed by atoms with Gasteiger partial charge >= 0.3 is 0 Å². The summed E-state index contributed by atoms with van der Waals surface area (Å²) in [5.41, 5.74) is 10.7. The van der Waals surface area contributed by atoms with Gasteiger partial charge in [0.2, 0.25) is 28.9 Å². The van der Waals surface area contributed by atoms with E-state index in [4.69, 9.17) is 0 Å². The standard InChI is InChI=1S/C64H62N4O4/c1-11-63(7,8)61(71)65-55-37-45-33-51(67(47-23-13-39(3)14-24-47)48-25-15-40(4)16-26-48)31-21-43(45)35-53(55)57-59(69)58(60(57)70)54-36-44-22-32-52(34-46(44)38-56(54)66-62(72)64(9,10)12-2)68(49-27-17-41(5)18-28-49)50-29-19-42(6)20-30-50/h13-38H,11-12H2,1-10H3,(H2,65,66,69,70,71,72). The molecule has 8 heteroatoms. The Hall–Kier alpha value is -8.10. The molecule has 7 aromatic rings. The maximum atomic E-state index is 14.9. The Bertz CT molecular complexity index is 3470. The Labute approximate surface area is 423 Å². The zero-order chi connectivity index (χ0) is 51.2. The first-order valence-corrected chi connectivity index (χ1v) is 24.9. The van der Waals surface area contributed by atoms with E-state index < -0.39 is 22.4 Å². The van der Waals surface area contributed by atoms with E-state index in [-0.39, 0.29) is 23.0 Å². The molecule has 0 aliphatic heterocycles. The van der Waals surface area contributed by atoms with Crippen molar-refractivity contribution in [2.75, 3.05) is 15.5 Å². The summed E-state index contributed by atoms with van der Waals surface area (Å²) in [6.45, 7) is 19.7. The number of anilines is 5. The van der Waals surface area contributed by atoms with Crippen LogP contribution in [0.1, 0.15) is 87.8 Å². The van der Waals surface area contributed by atoms with Gasteiger partial charge in [-0.25, -0.2) is 0 Å². The summed E-state index contributed by atoms with van der Waals surface area (Å²) >= 11 is 0. The molecule has 2 aliphatic rings. The molecule has 0 saturated heterocycles. The molecular formula is C64H62N4O4. The van der Waals surface area contributed by atoms with Crippen molar-refractivity contribution >= 4 is 97.2 Å². The normalized spacial score (nSPS) is 14.1. The summed E-state index contributed by atoms with van der Waals surface area (Å²) in [5, 5.41) is 24.0. The molecule has 0 spiro atoms. The lowest BCUT2D eigenvalue weighted by Gasteiger charge is -2.33. The highest BCUT2D eigenvalue weighted by atomic mass is 16.3. The average Bonchev–Trinajstić information content (AvgIpc) is 3.36. The number of carbonyl (C=O) groups is 3. The minimum Gasteiger partial charge on any atom is -0.871 e. The molecule has 2 aliphatic carbocycles. The number of hydrogen-bond acceptors (Lipinski definition) is 5. The molecule has 2 amide bonds. The number of allylic oxidation sites excluding steroid dienone is 3. The fraction of sp³-hybridized carbons (Fsp3) is 0.219. The summed E-state index contributed by atoms with van der Waals surface area (Å²) in [5.74, 6) is -1.38. The van der Waals surface area contributed by atoms with Crippen LogP contribution in [0.4, 0.5) is 39.8 Å². The maximum absolute atomic E-state index is 14.9. The van der Waals surface area contributed by atoms with Crippen molar-refractivity contribution in [2.24, 2.45) is 10.8 Å². The Morgan fingerprint density at radius 3 is 1.54 bits per heavy atom. The second-order valence-electron chi connectivity index (χ2n) is 20.7. The van der Waals surface area contributed by atoms with Crippen molar-refractivity contribution in [3.63, 3.8) is 0 Å². The molecule has 0 radical (unpaired) electrons. The van der Waals surface area contributed by atoms with Gasteiger partial charge in [-0.1, -0.05) is 124 Å². The summed E-state index contributed by atoms with van der Waals surface area (Å²) in [6.07, 6.45) is 7.24. The van der Waals surface area contributed by atoms with Gasteiger partial charge in [-0.15, -0.1) is 0 Å². The van der Waals surface area contributed by atoms with Gasteiger partial charge in [0, 0.05) is 97.6 Å². The number of ketones is 1. The van der Waals surface area contributed by atoms with Gasteiger partial charge < -0.3 is 20.6 Å². The van der Waals surface area contributed by atoms with Gasteiger partial charge in [-0.2, -0.15) is 4.58 Å². The van der Waals surface area contributed by atoms with E-state index in [2.05, 4.69) is 157 Å². The fourth-order valence-corrected chi connectivity index (χ4v) is 8.93. The fourth-order valence-electron chi connectivity index (χ4n) is 8.93. The van der Waals surface area contributed by atoms with Crippen molar-refractivity contribution < 1.29 is 19.5 Å². The molecule has 362 valence electrons. The van der Waals surface area contributed by atoms with E-state index in [1.165, 1.54) is 0 Å². The maximum Gasteiger partial charge on any atom is 0.230 e. The second-order valence-corrected chi connectivity index (χ2v) is 20.7. The summed E-state index contributed by atoms with van der Waals surface area (Å²) in [7, 11) is 0. The predicted molar refractivity (Wildman–Crippen MR) is 297 cm³/mol. The van der Waals surface area contributed by atoms with E-state index in [0.717, 1.165) is 78.0 Å². The molecule has 0 heterocycles. The number of aryl methyl sites for hydroxylation is 4. The van der Waals surface area contributed by atoms with Crippen molar-refractivity contribution in [1.82, 2.24) is 4.58 Å². The lowest BCUT2D eigenvalue weighted by molar-refractivity contribution is -0.292. The second kappa shape index (κ2) is 19.2. The minimum absolute atomic E-state index is 0.0186. The number of Topliss-reactive ketones (excluding diaryl/α,β-unsaturated/α-hetero) is 1. The van der Waals surface area contributed by atoms with Crippen LogP contribution in [-0.2, 0) is 14.4 Å². The van der Waals surface area contributed by atoms with Gasteiger partial charge in [-0.05, 0) is 129 Å². The van der Waals surface area contributed by atoms with Gasteiger partial charge in [0.15, 0.2) is 5.78 Å². The molecule has 0 aromatic heterocycles. The number of fused-ring (bicyclic) bond motifs is 2. The summed E-state index contributed by atoms with van der Waals surface area (Å²) in [4.78, 5) is 45.1. The average molecular weight is 951 g/mol. The molecule has 0 unspecified atom stereocenters. The van der Waals surface area contributed by atoms with Crippen LogP contribution in [0.3, 0.4) is 0 Å². The molecular weight excluding hydrogens is 889 g/mol. The van der Waals surface area contributed by atoms with Gasteiger partial charge in [0.1, 0.15) is 0 Å². The lowest BCUT2D eigenvalue weighted by Crippen LogP contribution is -2.38. The monoisotopic (exact) mass is 950 g/mol. The first kappa shape index (κ1) is 48.9. The first-order chi connectivity index (χ1) is 34.3. The van der Waals surface area contributed by atoms with Crippen molar-refractivity contribution in [1.29, 1.82) is 0 Å². The number of benzene rings is 7. The zero-order valence-electron chi connectivity index (χ0n) is 43.0. The van der Waals surface area contributed by atoms with Crippen LogP contribution in [0.2, 0.25) is 0 Å². The number of rotatable bonds is 12. The number of carbonyl (C=O) groups excluding carboxylic acids is 3. The van der Waals surface area contributed by atoms with Crippen LogP contribution in [0.25, 0.3) is 34.1 Å². The topological polar surface area (TPSA) is 105 Å². The number of amides is 2. The molecule has 7 aromatic carbocycles. The van der Waals surface area contributed by atoms with Crippen LogP contribution in [0.15, 0.2) is 151 Å². The minimum atomic E-state index is -0.737. The Morgan fingerprint density at radius 2 is 1.04 bits per heavy atom. The van der Waals surface area contributed by atoms with E-state index in [1.54, 1.807) is 0 Å². The van der Waals surface area contributed by atoms with Gasteiger partial charge in [0.05, 0.1) is 0 Å². The Morgan fingerprint density at radius 1 is 0.556 bits per heavy atom. The predicted octanol–water partition coefficient (Wildman–Crippen LogP) is 12.6. The summed E-state index contributed by atoms with van der Waals surface area (Å²) in [6, 6.07) is 47.0. The highest BCUT2D eigenvalue weighted by Gasteiger charge is 2.34. The Balaban J connectivity index is 1.22. The van der Waals surface area contributed by atoms with Gasteiger partial charge in [-0.3, -0.25) is 14.4 Å². The van der Waals surface area contributed by atoms with E-state index in [1.807, 2.05) is 90.1 Å². The number of hydrogen-bond donors (Lipinski definition) is 2. The zero-order valence-corrected chi connectivity index (χ0v) is 43.0. The van der Waals surface area contributed by atoms with Crippen LogP contribution in [-0.4, -0.2) is 23.3 Å². The van der Waals surface area contributed by atoms with Crippen LogP contribution < -0.4 is 35.7 Å². The smallest absolute Gasteiger partial charge is 0.230 e. The highest BCUT2D eigenvalue weighted by Crippen LogP contribution is 2.43. The number of nitrogens with one attached hydrogen (secondary N) is 2. The molecule has 0 saturated carbocycles. The third-order valence-corrected chi connectivity index (χ3v) is 14.5. The molecule has 0 fully saturated rings. The third-order valence-electron chi connectivity index (χ3n) is 14.5.